The predicted octanol–water partition coefficient (Wildman–Crippen LogP) is 5.55. The Bertz CT molecular complexity index is 977. The first-order valence-corrected chi connectivity index (χ1v) is 12.0. The van der Waals surface area contributed by atoms with Gasteiger partial charge >= 0.3 is 0 Å². The maximum Gasteiger partial charge on any atom is 0.237 e. The molecule has 2 heterocycles. The van der Waals surface area contributed by atoms with E-state index in [1.165, 1.54) is 34.2 Å². The molecule has 0 aliphatic carbocycles. The fourth-order valence-electron chi connectivity index (χ4n) is 3.18. The smallest absolute Gasteiger partial charge is 0.237 e. The third-order valence-corrected chi connectivity index (χ3v) is 7.96. The number of thioether (sulfide) groups is 2. The Morgan fingerprint density at radius 1 is 1.14 bits per heavy atom. The molecular weight excluding hydrogens is 430 g/mol. The van der Waals surface area contributed by atoms with Crippen LogP contribution in [0, 0.1) is 0 Å². The molecule has 1 amide bonds. The molecule has 1 atom stereocenters. The number of halogens is 1. The van der Waals surface area contributed by atoms with Gasteiger partial charge < -0.3 is 4.90 Å². The topological polar surface area (TPSA) is 46.1 Å². The SMILES string of the molecule is CC1Cc2ccccc2N1C(=O)CSc1nnc(SCc2ccc(Cl)cc2)s1. The van der Waals surface area contributed by atoms with E-state index in [9.17, 15) is 4.79 Å². The van der Waals surface area contributed by atoms with E-state index in [0.717, 1.165) is 31.6 Å². The standard InChI is InChI=1S/C20H18ClN3OS3/c1-13-10-15-4-2-3-5-17(15)24(13)18(25)12-27-20-23-22-19(28-20)26-11-14-6-8-16(21)9-7-14/h2-9,13H,10-12H2,1H3. The molecular formula is C20H18ClN3OS3. The summed E-state index contributed by atoms with van der Waals surface area (Å²) < 4.78 is 1.73. The number of carbonyl (C=O) groups is 1. The highest BCUT2D eigenvalue weighted by atomic mass is 35.5. The summed E-state index contributed by atoms with van der Waals surface area (Å²) in [6, 6.07) is 16.1. The Labute approximate surface area is 181 Å². The number of carbonyl (C=O) groups excluding carboxylic acids is 1. The molecule has 4 nitrogen and oxygen atoms in total. The minimum Gasteiger partial charge on any atom is -0.308 e. The zero-order valence-electron chi connectivity index (χ0n) is 15.2. The Morgan fingerprint density at radius 2 is 1.86 bits per heavy atom. The molecule has 0 N–H and O–H groups in total. The molecule has 28 heavy (non-hydrogen) atoms. The van der Waals surface area contributed by atoms with Gasteiger partial charge in [-0.3, -0.25) is 4.79 Å². The first-order valence-electron chi connectivity index (χ1n) is 8.83. The lowest BCUT2D eigenvalue weighted by Gasteiger charge is -2.22. The lowest BCUT2D eigenvalue weighted by molar-refractivity contribution is -0.116. The Kier molecular flexibility index (Phi) is 6.25. The van der Waals surface area contributed by atoms with Crippen LogP contribution in [0.25, 0.3) is 0 Å². The number of hydrogen-bond donors (Lipinski definition) is 0. The van der Waals surface area contributed by atoms with Crippen molar-refractivity contribution in [2.75, 3.05) is 10.7 Å². The van der Waals surface area contributed by atoms with Crippen molar-refractivity contribution in [2.45, 2.75) is 33.8 Å². The van der Waals surface area contributed by atoms with Gasteiger partial charge in [-0.1, -0.05) is 76.8 Å². The molecule has 0 radical (unpaired) electrons. The molecule has 2 aromatic carbocycles. The first-order chi connectivity index (χ1) is 13.6. The lowest BCUT2D eigenvalue weighted by Crippen LogP contribution is -2.36. The van der Waals surface area contributed by atoms with Gasteiger partial charge in [0.1, 0.15) is 0 Å². The van der Waals surface area contributed by atoms with Gasteiger partial charge in [-0.05, 0) is 42.7 Å². The maximum atomic E-state index is 12.8. The maximum absolute atomic E-state index is 12.8. The van der Waals surface area contributed by atoms with Gasteiger partial charge in [-0.15, -0.1) is 10.2 Å². The number of para-hydroxylation sites is 1. The molecule has 0 fully saturated rings. The summed E-state index contributed by atoms with van der Waals surface area (Å²) in [5.74, 6) is 1.31. The number of rotatable bonds is 6. The molecule has 4 rings (SSSR count). The van der Waals surface area contributed by atoms with Crippen molar-refractivity contribution in [1.29, 1.82) is 0 Å². The second-order valence-corrected chi connectivity index (χ2v) is 10.3. The van der Waals surface area contributed by atoms with Crippen molar-refractivity contribution in [2.24, 2.45) is 0 Å². The molecule has 144 valence electrons. The van der Waals surface area contributed by atoms with E-state index < -0.39 is 0 Å². The van der Waals surface area contributed by atoms with E-state index in [1.807, 2.05) is 47.4 Å². The van der Waals surface area contributed by atoms with Crippen LogP contribution in [-0.2, 0) is 17.0 Å². The van der Waals surface area contributed by atoms with Crippen molar-refractivity contribution in [3.8, 4) is 0 Å². The van der Waals surface area contributed by atoms with Crippen LogP contribution in [0.15, 0.2) is 57.2 Å². The minimum absolute atomic E-state index is 0.119. The number of anilines is 1. The zero-order chi connectivity index (χ0) is 19.5. The Balaban J connectivity index is 1.32. The number of nitrogens with zero attached hydrogens (tertiary/aromatic N) is 3. The fraction of sp³-hybridized carbons (Fsp3) is 0.250. The highest BCUT2D eigenvalue weighted by molar-refractivity contribution is 8.03. The van der Waals surface area contributed by atoms with E-state index in [-0.39, 0.29) is 11.9 Å². The third kappa shape index (κ3) is 4.54. The second-order valence-electron chi connectivity index (χ2n) is 6.48. The number of aromatic nitrogens is 2. The van der Waals surface area contributed by atoms with E-state index in [1.54, 1.807) is 11.8 Å². The van der Waals surface area contributed by atoms with E-state index in [0.29, 0.717) is 5.75 Å². The summed E-state index contributed by atoms with van der Waals surface area (Å²) in [5.41, 5.74) is 3.47. The molecule has 0 spiro atoms. The van der Waals surface area contributed by atoms with Crippen molar-refractivity contribution < 1.29 is 4.79 Å². The van der Waals surface area contributed by atoms with Crippen molar-refractivity contribution in [3.05, 3.63) is 64.7 Å². The predicted molar refractivity (Wildman–Crippen MR) is 119 cm³/mol. The van der Waals surface area contributed by atoms with Crippen LogP contribution in [0.3, 0.4) is 0 Å². The average molecular weight is 448 g/mol. The molecule has 8 heteroatoms. The van der Waals surface area contributed by atoms with Gasteiger partial charge in [0.05, 0.1) is 5.75 Å². The third-order valence-electron chi connectivity index (χ3n) is 4.46. The van der Waals surface area contributed by atoms with Gasteiger partial charge in [-0.2, -0.15) is 0 Å². The van der Waals surface area contributed by atoms with Crippen LogP contribution in [0.1, 0.15) is 18.1 Å². The largest absolute Gasteiger partial charge is 0.308 e. The summed E-state index contributed by atoms with van der Waals surface area (Å²) in [6.07, 6.45) is 0.914. The average Bonchev–Trinajstić information content (AvgIpc) is 3.29. The lowest BCUT2D eigenvalue weighted by atomic mass is 10.1. The van der Waals surface area contributed by atoms with Gasteiger partial charge in [0, 0.05) is 22.5 Å². The summed E-state index contributed by atoms with van der Waals surface area (Å²) in [7, 11) is 0. The number of fused-ring (bicyclic) bond motifs is 1. The van der Waals surface area contributed by atoms with Gasteiger partial charge in [0.2, 0.25) is 5.91 Å². The van der Waals surface area contributed by atoms with E-state index in [2.05, 4.69) is 23.2 Å². The van der Waals surface area contributed by atoms with Crippen LogP contribution >= 0.6 is 46.5 Å². The number of amides is 1. The van der Waals surface area contributed by atoms with Gasteiger partial charge in [-0.25, -0.2) is 0 Å². The monoisotopic (exact) mass is 447 g/mol. The highest BCUT2D eigenvalue weighted by Gasteiger charge is 2.30. The summed E-state index contributed by atoms with van der Waals surface area (Å²) in [5, 5.41) is 9.20. The minimum atomic E-state index is 0.119. The van der Waals surface area contributed by atoms with E-state index in [4.69, 9.17) is 11.6 Å². The number of hydrogen-bond acceptors (Lipinski definition) is 6. The van der Waals surface area contributed by atoms with Crippen molar-refractivity contribution in [1.82, 2.24) is 10.2 Å². The Hall–Kier alpha value is -1.54. The zero-order valence-corrected chi connectivity index (χ0v) is 18.4. The van der Waals surface area contributed by atoms with E-state index >= 15 is 0 Å². The van der Waals surface area contributed by atoms with Crippen LogP contribution in [0.2, 0.25) is 5.02 Å². The second kappa shape index (κ2) is 8.86. The molecule has 1 aromatic heterocycles. The molecule has 1 unspecified atom stereocenters. The molecule has 1 aliphatic heterocycles. The highest BCUT2D eigenvalue weighted by Crippen LogP contribution is 2.34. The van der Waals surface area contributed by atoms with Crippen LogP contribution < -0.4 is 4.90 Å². The van der Waals surface area contributed by atoms with Gasteiger partial charge in [0.15, 0.2) is 8.68 Å². The molecule has 0 bridgehead atoms. The summed E-state index contributed by atoms with van der Waals surface area (Å²) in [4.78, 5) is 14.7. The van der Waals surface area contributed by atoms with Crippen LogP contribution in [0.5, 0.6) is 0 Å². The summed E-state index contributed by atoms with van der Waals surface area (Å²) >= 11 is 10.6. The quantitative estimate of drug-likeness (QED) is 0.463. The van der Waals surface area contributed by atoms with Gasteiger partial charge in [0.25, 0.3) is 0 Å². The van der Waals surface area contributed by atoms with Crippen LogP contribution in [-0.4, -0.2) is 27.9 Å². The molecule has 3 aromatic rings. The first kappa shape index (κ1) is 19.8. The Morgan fingerprint density at radius 3 is 2.64 bits per heavy atom. The van der Waals surface area contributed by atoms with Crippen molar-refractivity contribution >= 4 is 58.1 Å². The van der Waals surface area contributed by atoms with Crippen molar-refractivity contribution in [3.63, 3.8) is 0 Å². The van der Waals surface area contributed by atoms with Crippen LogP contribution in [0.4, 0.5) is 5.69 Å². The number of benzene rings is 2. The summed E-state index contributed by atoms with van der Waals surface area (Å²) in [6.45, 7) is 2.10. The normalized spacial score (nSPS) is 15.6. The molecule has 1 aliphatic rings. The molecule has 0 saturated heterocycles. The molecule has 0 saturated carbocycles. The fourth-order valence-corrected chi connectivity index (χ4v) is 6.14.